The molecule has 132 valence electrons. The third-order valence-electron chi connectivity index (χ3n) is 7.92. The zero-order valence-electron chi connectivity index (χ0n) is 14.8. The van der Waals surface area contributed by atoms with E-state index in [0.29, 0.717) is 19.3 Å². The third-order valence-corrected chi connectivity index (χ3v) is 7.92. The van der Waals surface area contributed by atoms with Crippen LogP contribution in [0.5, 0.6) is 0 Å². The molecule has 3 aliphatic carbocycles. The van der Waals surface area contributed by atoms with E-state index in [-0.39, 0.29) is 17.2 Å². The summed E-state index contributed by atoms with van der Waals surface area (Å²) in [4.78, 5) is 38.1. The quantitative estimate of drug-likeness (QED) is 0.726. The Morgan fingerprint density at radius 1 is 1.04 bits per heavy atom. The number of fused-ring (bicyclic) bond motifs is 2. The maximum Gasteiger partial charge on any atom is 0.351 e. The first-order valence-corrected chi connectivity index (χ1v) is 9.18. The summed E-state index contributed by atoms with van der Waals surface area (Å²) in [5.41, 5.74) is -2.77. The molecule has 1 aliphatic heterocycles. The van der Waals surface area contributed by atoms with Crippen molar-refractivity contribution in [3.63, 3.8) is 0 Å². The fraction of sp³-hybridized carbons (Fsp3) is 0.842. The van der Waals surface area contributed by atoms with E-state index < -0.39 is 28.5 Å². The highest BCUT2D eigenvalue weighted by atomic mass is 16.6. The zero-order chi connectivity index (χ0) is 17.4. The van der Waals surface area contributed by atoms with Crippen LogP contribution in [0.25, 0.3) is 0 Å². The smallest absolute Gasteiger partial charge is 0.351 e. The molecule has 0 aromatic carbocycles. The molecular weight excluding hydrogens is 308 g/mol. The van der Waals surface area contributed by atoms with Gasteiger partial charge in [0, 0.05) is 10.8 Å². The van der Waals surface area contributed by atoms with Crippen molar-refractivity contribution in [1.82, 2.24) is 0 Å². The summed E-state index contributed by atoms with van der Waals surface area (Å²) < 4.78 is 11.2. The van der Waals surface area contributed by atoms with Crippen LogP contribution in [0.2, 0.25) is 0 Å². The van der Waals surface area contributed by atoms with Crippen molar-refractivity contribution in [2.45, 2.75) is 83.8 Å². The molecule has 5 nitrogen and oxygen atoms in total. The second-order valence-corrected chi connectivity index (χ2v) is 8.96. The van der Waals surface area contributed by atoms with Gasteiger partial charge in [-0.2, -0.15) is 0 Å². The zero-order valence-corrected chi connectivity index (χ0v) is 14.8. The van der Waals surface area contributed by atoms with Gasteiger partial charge in [0.05, 0.1) is 5.41 Å². The van der Waals surface area contributed by atoms with Crippen molar-refractivity contribution in [1.29, 1.82) is 0 Å². The van der Waals surface area contributed by atoms with E-state index in [2.05, 4.69) is 0 Å². The van der Waals surface area contributed by atoms with Crippen molar-refractivity contribution in [3.8, 4) is 0 Å². The van der Waals surface area contributed by atoms with Crippen LogP contribution in [0.3, 0.4) is 0 Å². The van der Waals surface area contributed by atoms with Gasteiger partial charge >= 0.3 is 11.9 Å². The molecule has 0 radical (unpaired) electrons. The van der Waals surface area contributed by atoms with Gasteiger partial charge in [-0.15, -0.1) is 0 Å². The summed E-state index contributed by atoms with van der Waals surface area (Å²) >= 11 is 0. The van der Waals surface area contributed by atoms with Crippen molar-refractivity contribution in [3.05, 3.63) is 0 Å². The largest absolute Gasteiger partial charge is 0.451 e. The molecule has 0 N–H and O–H groups in total. The Morgan fingerprint density at radius 3 is 2.25 bits per heavy atom. The van der Waals surface area contributed by atoms with Crippen LogP contribution in [0.4, 0.5) is 0 Å². The molecule has 4 aliphatic rings. The first-order valence-electron chi connectivity index (χ1n) is 9.18. The number of ether oxygens (including phenoxy) is 2. The maximum atomic E-state index is 13.0. The van der Waals surface area contributed by atoms with Crippen LogP contribution < -0.4 is 0 Å². The molecular formula is C19H26O5. The second kappa shape index (κ2) is 4.61. The number of Topliss-reactive ketones (excluding diaryl/α,β-unsaturated/α-hetero) is 1. The lowest BCUT2D eigenvalue weighted by molar-refractivity contribution is -0.187. The minimum Gasteiger partial charge on any atom is -0.451 e. The first kappa shape index (κ1) is 16.1. The van der Waals surface area contributed by atoms with E-state index in [1.807, 2.05) is 20.8 Å². The third kappa shape index (κ3) is 1.64. The molecule has 0 unspecified atom stereocenters. The Kier molecular flexibility index (Phi) is 3.09. The van der Waals surface area contributed by atoms with Gasteiger partial charge in [-0.3, -0.25) is 9.59 Å². The standard InChI is InChI=1S/C19H26O5/c1-16(2)17(3)10-11-19(16,24-14(17)21)15(22)23-12-6-9-18(13(12)20)7-4-5-8-18/h12H,4-11H2,1-3H3/t12-,17+,19+/m0/s1. The molecule has 4 fully saturated rings. The lowest BCUT2D eigenvalue weighted by Crippen LogP contribution is -2.50. The number of hydrogen-bond acceptors (Lipinski definition) is 5. The minimum absolute atomic E-state index is 0.0904. The average molecular weight is 334 g/mol. The highest BCUT2D eigenvalue weighted by Gasteiger charge is 2.76. The van der Waals surface area contributed by atoms with E-state index >= 15 is 0 Å². The molecule has 0 amide bonds. The van der Waals surface area contributed by atoms with E-state index in [1.54, 1.807) is 0 Å². The van der Waals surface area contributed by atoms with Crippen LogP contribution in [0, 0.1) is 16.2 Å². The highest BCUT2D eigenvalue weighted by molar-refractivity contribution is 5.97. The molecule has 4 rings (SSSR count). The Balaban J connectivity index is 1.56. The molecule has 1 saturated heterocycles. The molecule has 1 spiro atoms. The fourth-order valence-corrected chi connectivity index (χ4v) is 5.59. The van der Waals surface area contributed by atoms with Gasteiger partial charge in [0.15, 0.2) is 11.9 Å². The van der Waals surface area contributed by atoms with Crippen molar-refractivity contribution < 1.29 is 23.9 Å². The molecule has 0 aromatic rings. The number of hydrogen-bond donors (Lipinski definition) is 0. The number of ketones is 1. The van der Waals surface area contributed by atoms with Gasteiger partial charge in [-0.05, 0) is 45.4 Å². The van der Waals surface area contributed by atoms with Gasteiger partial charge in [0.1, 0.15) is 0 Å². The van der Waals surface area contributed by atoms with Gasteiger partial charge in [-0.25, -0.2) is 4.79 Å². The summed E-state index contributed by atoms with van der Waals surface area (Å²) in [5.74, 6) is -0.746. The summed E-state index contributed by atoms with van der Waals surface area (Å²) in [7, 11) is 0. The van der Waals surface area contributed by atoms with Gasteiger partial charge in [0.2, 0.25) is 5.60 Å². The van der Waals surface area contributed by atoms with Crippen LogP contribution in [0.15, 0.2) is 0 Å². The lowest BCUT2D eigenvalue weighted by Gasteiger charge is -2.35. The summed E-state index contributed by atoms with van der Waals surface area (Å²) in [6, 6.07) is 0. The number of rotatable bonds is 2. The summed E-state index contributed by atoms with van der Waals surface area (Å²) in [5, 5.41) is 0. The predicted octanol–water partition coefficient (Wildman–Crippen LogP) is 2.94. The number of carbonyl (C=O) groups is 3. The van der Waals surface area contributed by atoms with Gasteiger partial charge in [0.25, 0.3) is 0 Å². The Morgan fingerprint density at radius 2 is 1.71 bits per heavy atom. The topological polar surface area (TPSA) is 69.7 Å². The second-order valence-electron chi connectivity index (χ2n) is 8.96. The van der Waals surface area contributed by atoms with Gasteiger partial charge in [-0.1, -0.05) is 26.7 Å². The van der Waals surface area contributed by atoms with Crippen molar-refractivity contribution in [2.75, 3.05) is 0 Å². The molecule has 0 aromatic heterocycles. The fourth-order valence-electron chi connectivity index (χ4n) is 5.59. The van der Waals surface area contributed by atoms with E-state index in [1.165, 1.54) is 0 Å². The van der Waals surface area contributed by atoms with E-state index in [9.17, 15) is 14.4 Å². The molecule has 3 saturated carbocycles. The highest BCUT2D eigenvalue weighted by Crippen LogP contribution is 2.66. The van der Waals surface area contributed by atoms with E-state index in [4.69, 9.17) is 9.47 Å². The molecule has 1 heterocycles. The molecule has 24 heavy (non-hydrogen) atoms. The molecule has 3 atom stereocenters. The SMILES string of the molecule is CC1(C)[C@]2(C)CC[C@]1(C(=O)O[C@H]1CCC3(CCCC3)C1=O)OC2=O. The summed E-state index contributed by atoms with van der Waals surface area (Å²) in [6.07, 6.45) is 5.87. The Bertz CT molecular complexity index is 630. The van der Waals surface area contributed by atoms with Crippen LogP contribution >= 0.6 is 0 Å². The lowest BCUT2D eigenvalue weighted by atomic mass is 9.66. The van der Waals surface area contributed by atoms with E-state index in [0.717, 1.165) is 32.1 Å². The minimum atomic E-state index is -1.23. The number of carbonyl (C=O) groups excluding carboxylic acids is 3. The Labute approximate surface area is 142 Å². The number of esters is 2. The molecule has 5 heteroatoms. The maximum absolute atomic E-state index is 13.0. The van der Waals surface area contributed by atoms with Crippen LogP contribution in [-0.4, -0.2) is 29.4 Å². The average Bonchev–Trinajstić information content (AvgIpc) is 3.21. The summed E-state index contributed by atoms with van der Waals surface area (Å²) in [6.45, 7) is 5.67. The van der Waals surface area contributed by atoms with Crippen LogP contribution in [0.1, 0.15) is 72.1 Å². The predicted molar refractivity (Wildman–Crippen MR) is 85.0 cm³/mol. The van der Waals surface area contributed by atoms with Gasteiger partial charge < -0.3 is 9.47 Å². The normalized spacial score (nSPS) is 41.9. The van der Waals surface area contributed by atoms with Crippen molar-refractivity contribution >= 4 is 17.7 Å². The van der Waals surface area contributed by atoms with Crippen LogP contribution in [-0.2, 0) is 23.9 Å². The first-order chi connectivity index (χ1) is 11.2. The Hall–Kier alpha value is -1.39. The molecule has 2 bridgehead atoms. The van der Waals surface area contributed by atoms with Crippen molar-refractivity contribution in [2.24, 2.45) is 16.2 Å². The monoisotopic (exact) mass is 334 g/mol.